The number of carbonyl (C=O) groups is 1. The number of nitrogens with zero attached hydrogens (tertiary/aromatic N) is 2. The molecule has 0 N–H and O–H groups in total. The van der Waals surface area contributed by atoms with E-state index in [2.05, 4.69) is 31.8 Å². The van der Waals surface area contributed by atoms with E-state index in [1.54, 1.807) is 11.3 Å². The second-order valence-electron chi connectivity index (χ2n) is 7.31. The fraction of sp³-hybridized carbons (Fsp3) is 0.333. The largest absolute Gasteiger partial charge is 0.486 e. The molecule has 152 valence electrons. The molecule has 0 aliphatic heterocycles. The average molecular weight is 409 g/mol. The van der Waals surface area contributed by atoms with Gasteiger partial charge in [0.15, 0.2) is 0 Å². The molecular formula is C24H28N2O2S. The van der Waals surface area contributed by atoms with Crippen LogP contribution in [-0.2, 0) is 13.2 Å². The van der Waals surface area contributed by atoms with Crippen molar-refractivity contribution in [3.63, 3.8) is 0 Å². The highest BCUT2D eigenvalue weighted by atomic mass is 32.1. The summed E-state index contributed by atoms with van der Waals surface area (Å²) in [7, 11) is 0. The Hall–Kier alpha value is -2.66. The van der Waals surface area contributed by atoms with Crippen LogP contribution in [0.15, 0.2) is 47.8 Å². The van der Waals surface area contributed by atoms with E-state index in [0.29, 0.717) is 19.7 Å². The zero-order valence-electron chi connectivity index (χ0n) is 17.6. The van der Waals surface area contributed by atoms with Crippen LogP contribution in [-0.4, -0.2) is 22.3 Å². The number of carbonyl (C=O) groups excluding carboxylic acids is 1. The second-order valence-corrected chi connectivity index (χ2v) is 8.25. The van der Waals surface area contributed by atoms with Gasteiger partial charge in [-0.1, -0.05) is 36.8 Å². The van der Waals surface area contributed by atoms with Gasteiger partial charge < -0.3 is 9.64 Å². The maximum absolute atomic E-state index is 12.9. The van der Waals surface area contributed by atoms with Crippen LogP contribution in [0.2, 0.25) is 0 Å². The first-order valence-electron chi connectivity index (χ1n) is 9.96. The van der Waals surface area contributed by atoms with Gasteiger partial charge in [-0.15, -0.1) is 11.3 Å². The van der Waals surface area contributed by atoms with Crippen LogP contribution >= 0.6 is 11.3 Å². The van der Waals surface area contributed by atoms with Gasteiger partial charge in [-0.25, -0.2) is 4.98 Å². The maximum Gasteiger partial charge on any atom is 0.254 e. The van der Waals surface area contributed by atoms with Crippen molar-refractivity contribution < 1.29 is 9.53 Å². The van der Waals surface area contributed by atoms with E-state index >= 15 is 0 Å². The van der Waals surface area contributed by atoms with Crippen LogP contribution in [0.3, 0.4) is 0 Å². The number of ether oxygens (including phenoxy) is 1. The first-order chi connectivity index (χ1) is 14.0. The molecule has 0 unspecified atom stereocenters. The summed E-state index contributed by atoms with van der Waals surface area (Å²) >= 11 is 1.57. The first kappa shape index (κ1) is 21.1. The molecule has 2 aromatic carbocycles. The Kier molecular flexibility index (Phi) is 7.04. The number of aromatic nitrogens is 1. The zero-order valence-corrected chi connectivity index (χ0v) is 18.4. The molecule has 1 aromatic heterocycles. The molecule has 5 heteroatoms. The number of hydrogen-bond acceptors (Lipinski definition) is 4. The number of thiazole rings is 1. The minimum atomic E-state index is 0.0491. The van der Waals surface area contributed by atoms with Gasteiger partial charge in [0, 0.05) is 17.5 Å². The standard InChI is InChI=1S/C24H28N2O2S/c1-5-13-26(24(27)20-11-9-17(2)10-12-20)14-21-16-29-23(25-21)15-28-22-8-6-7-18(3)19(22)4/h6-12,16H,5,13-15H2,1-4H3. The Balaban J connectivity index is 1.65. The summed E-state index contributed by atoms with van der Waals surface area (Å²) in [5, 5.41) is 2.94. The summed E-state index contributed by atoms with van der Waals surface area (Å²) < 4.78 is 5.96. The minimum Gasteiger partial charge on any atom is -0.486 e. The van der Waals surface area contributed by atoms with Gasteiger partial charge in [-0.2, -0.15) is 0 Å². The first-order valence-corrected chi connectivity index (χ1v) is 10.8. The molecular weight excluding hydrogens is 380 g/mol. The molecule has 3 rings (SSSR count). The van der Waals surface area contributed by atoms with Crippen LogP contribution in [0, 0.1) is 20.8 Å². The molecule has 3 aromatic rings. The van der Waals surface area contributed by atoms with E-state index in [9.17, 15) is 4.79 Å². The number of rotatable bonds is 8. The van der Waals surface area contributed by atoms with Crippen molar-refractivity contribution in [2.45, 2.75) is 47.3 Å². The van der Waals surface area contributed by atoms with Crippen LogP contribution in [0.1, 0.15) is 51.1 Å². The number of aryl methyl sites for hydroxylation is 2. The van der Waals surface area contributed by atoms with Crippen molar-refractivity contribution in [2.75, 3.05) is 6.54 Å². The smallest absolute Gasteiger partial charge is 0.254 e. The fourth-order valence-corrected chi connectivity index (χ4v) is 3.80. The van der Waals surface area contributed by atoms with Gasteiger partial charge in [0.05, 0.1) is 12.2 Å². The lowest BCUT2D eigenvalue weighted by molar-refractivity contribution is 0.0741. The summed E-state index contributed by atoms with van der Waals surface area (Å²) in [6.07, 6.45) is 0.907. The molecule has 29 heavy (non-hydrogen) atoms. The molecule has 1 heterocycles. The summed E-state index contributed by atoms with van der Waals surface area (Å²) in [5.41, 5.74) is 5.15. The highest BCUT2D eigenvalue weighted by molar-refractivity contribution is 7.09. The van der Waals surface area contributed by atoms with Gasteiger partial charge in [0.25, 0.3) is 5.91 Å². The van der Waals surface area contributed by atoms with Gasteiger partial charge >= 0.3 is 0 Å². The normalized spacial score (nSPS) is 10.8. The van der Waals surface area contributed by atoms with E-state index in [1.165, 1.54) is 5.56 Å². The predicted molar refractivity (Wildman–Crippen MR) is 119 cm³/mol. The Morgan fingerprint density at radius 2 is 1.86 bits per heavy atom. The van der Waals surface area contributed by atoms with Crippen molar-refractivity contribution >= 4 is 17.2 Å². The zero-order chi connectivity index (χ0) is 20.8. The van der Waals surface area contributed by atoms with Crippen LogP contribution in [0.5, 0.6) is 5.75 Å². The van der Waals surface area contributed by atoms with Crippen LogP contribution in [0.25, 0.3) is 0 Å². The van der Waals surface area contributed by atoms with E-state index in [-0.39, 0.29) is 5.91 Å². The van der Waals surface area contributed by atoms with Crippen molar-refractivity contribution in [3.8, 4) is 5.75 Å². The SMILES string of the molecule is CCCN(Cc1csc(COc2cccc(C)c2C)n1)C(=O)c1ccc(C)cc1. The summed E-state index contributed by atoms with van der Waals surface area (Å²) in [5.74, 6) is 0.942. The fourth-order valence-electron chi connectivity index (χ4n) is 3.10. The molecule has 0 fully saturated rings. The molecule has 4 nitrogen and oxygen atoms in total. The Morgan fingerprint density at radius 3 is 2.59 bits per heavy atom. The van der Waals surface area contributed by atoms with Gasteiger partial charge in [0.2, 0.25) is 0 Å². The topological polar surface area (TPSA) is 42.4 Å². The number of benzene rings is 2. The summed E-state index contributed by atoms with van der Waals surface area (Å²) in [6, 6.07) is 13.8. The highest BCUT2D eigenvalue weighted by Gasteiger charge is 2.17. The molecule has 0 aliphatic rings. The van der Waals surface area contributed by atoms with E-state index in [1.807, 2.05) is 53.6 Å². The van der Waals surface area contributed by atoms with Crippen molar-refractivity contribution in [3.05, 3.63) is 80.8 Å². The predicted octanol–water partition coefficient (Wildman–Crippen LogP) is 5.70. The van der Waals surface area contributed by atoms with Gasteiger partial charge in [0.1, 0.15) is 17.4 Å². The summed E-state index contributed by atoms with van der Waals surface area (Å²) in [4.78, 5) is 19.5. The number of amides is 1. The van der Waals surface area contributed by atoms with Crippen molar-refractivity contribution in [2.24, 2.45) is 0 Å². The van der Waals surface area contributed by atoms with Gasteiger partial charge in [-0.3, -0.25) is 4.79 Å². The average Bonchev–Trinajstić information content (AvgIpc) is 3.16. The second kappa shape index (κ2) is 9.70. The molecule has 0 bridgehead atoms. The van der Waals surface area contributed by atoms with E-state index < -0.39 is 0 Å². The minimum absolute atomic E-state index is 0.0491. The van der Waals surface area contributed by atoms with Gasteiger partial charge in [-0.05, 0) is 56.5 Å². The maximum atomic E-state index is 12.9. The third-order valence-corrected chi connectivity index (χ3v) is 5.81. The molecule has 0 saturated carbocycles. The van der Waals surface area contributed by atoms with E-state index in [0.717, 1.165) is 39.6 Å². The van der Waals surface area contributed by atoms with Crippen molar-refractivity contribution in [1.82, 2.24) is 9.88 Å². The molecule has 1 amide bonds. The van der Waals surface area contributed by atoms with E-state index in [4.69, 9.17) is 4.74 Å². The molecule has 0 aliphatic carbocycles. The summed E-state index contributed by atoms with van der Waals surface area (Å²) in [6.45, 7) is 9.91. The molecule has 0 saturated heterocycles. The molecule has 0 spiro atoms. The molecule has 0 radical (unpaired) electrons. The lowest BCUT2D eigenvalue weighted by Crippen LogP contribution is -2.31. The monoisotopic (exact) mass is 408 g/mol. The lowest BCUT2D eigenvalue weighted by Gasteiger charge is -2.21. The van der Waals surface area contributed by atoms with Crippen molar-refractivity contribution in [1.29, 1.82) is 0 Å². The lowest BCUT2D eigenvalue weighted by atomic mass is 10.1. The Morgan fingerprint density at radius 1 is 1.10 bits per heavy atom. The Labute approximate surface area is 177 Å². The van der Waals surface area contributed by atoms with Crippen LogP contribution < -0.4 is 4.74 Å². The quantitative estimate of drug-likeness (QED) is 0.480. The molecule has 0 atom stereocenters. The third-order valence-electron chi connectivity index (χ3n) is 4.94. The Bertz CT molecular complexity index is 963. The highest BCUT2D eigenvalue weighted by Crippen LogP contribution is 2.23. The number of hydrogen-bond donors (Lipinski definition) is 0. The third kappa shape index (κ3) is 5.45. The van der Waals surface area contributed by atoms with Crippen LogP contribution in [0.4, 0.5) is 0 Å².